The van der Waals surface area contributed by atoms with E-state index in [2.05, 4.69) is 4.72 Å². The van der Waals surface area contributed by atoms with Crippen molar-refractivity contribution in [3.05, 3.63) is 29.6 Å². The number of halogens is 1. The van der Waals surface area contributed by atoms with Gasteiger partial charge in [0, 0.05) is 0 Å². The van der Waals surface area contributed by atoms with Gasteiger partial charge in [-0.25, -0.2) is 17.5 Å². The van der Waals surface area contributed by atoms with Crippen LogP contribution in [0.25, 0.3) is 0 Å². The van der Waals surface area contributed by atoms with Crippen molar-refractivity contribution in [2.75, 3.05) is 12.9 Å². The van der Waals surface area contributed by atoms with Crippen LogP contribution in [0.4, 0.5) is 4.39 Å². The van der Waals surface area contributed by atoms with Crippen molar-refractivity contribution in [3.63, 3.8) is 0 Å². The maximum absolute atomic E-state index is 13.7. The average molecular weight is 301 g/mol. The van der Waals surface area contributed by atoms with E-state index in [1.54, 1.807) is 26.0 Å². The van der Waals surface area contributed by atoms with Gasteiger partial charge in [0.2, 0.25) is 10.0 Å². The minimum Gasteiger partial charge on any atom is -0.490 e. The van der Waals surface area contributed by atoms with Gasteiger partial charge in [-0.05, 0) is 50.3 Å². The highest BCUT2D eigenvalue weighted by Crippen LogP contribution is 2.31. The van der Waals surface area contributed by atoms with Gasteiger partial charge < -0.3 is 4.74 Å². The Hall–Kier alpha value is -1.14. The van der Waals surface area contributed by atoms with Crippen LogP contribution in [0.1, 0.15) is 32.3 Å². The van der Waals surface area contributed by atoms with Crippen molar-refractivity contribution in [3.8, 4) is 5.75 Å². The van der Waals surface area contributed by atoms with E-state index in [0.717, 1.165) is 19.1 Å². The van der Waals surface area contributed by atoms with Crippen LogP contribution in [0, 0.1) is 11.7 Å². The number of benzene rings is 1. The molecule has 0 amide bonds. The molecule has 1 N–H and O–H groups in total. The Balaban J connectivity index is 2.20. The Morgan fingerprint density at radius 1 is 1.40 bits per heavy atom. The first-order valence-corrected chi connectivity index (χ1v) is 8.48. The molecule has 0 unspecified atom stereocenters. The van der Waals surface area contributed by atoms with Crippen LogP contribution < -0.4 is 9.46 Å². The second-order valence-electron chi connectivity index (χ2n) is 5.90. The van der Waals surface area contributed by atoms with Crippen LogP contribution >= 0.6 is 0 Å². The average Bonchev–Trinajstić information content (AvgIpc) is 3.08. The molecule has 4 nitrogen and oxygen atoms in total. The van der Waals surface area contributed by atoms with Gasteiger partial charge in [0.25, 0.3) is 0 Å². The van der Waals surface area contributed by atoms with Crippen LogP contribution in [0.5, 0.6) is 5.75 Å². The van der Waals surface area contributed by atoms with Crippen molar-refractivity contribution in [2.24, 2.45) is 5.92 Å². The normalized spacial score (nSPS) is 16.2. The van der Waals surface area contributed by atoms with E-state index < -0.39 is 21.4 Å². The second-order valence-corrected chi connectivity index (χ2v) is 7.65. The molecule has 0 saturated heterocycles. The summed E-state index contributed by atoms with van der Waals surface area (Å²) < 4.78 is 44.5. The number of sulfonamides is 1. The zero-order valence-corrected chi connectivity index (χ0v) is 12.8. The molecule has 1 saturated carbocycles. The quantitative estimate of drug-likeness (QED) is 0.878. The third kappa shape index (κ3) is 4.18. The molecule has 1 fully saturated rings. The molecule has 1 aliphatic rings. The van der Waals surface area contributed by atoms with Crippen LogP contribution in [0.2, 0.25) is 0 Å². The lowest BCUT2D eigenvalue weighted by atomic mass is 9.95. The highest BCUT2D eigenvalue weighted by molar-refractivity contribution is 7.88. The second kappa shape index (κ2) is 5.33. The number of rotatable bonds is 6. The molecule has 0 spiro atoms. The molecule has 1 aliphatic carbocycles. The Morgan fingerprint density at radius 2 is 2.05 bits per heavy atom. The molecular weight excluding hydrogens is 281 g/mol. The maximum Gasteiger partial charge on any atom is 0.209 e. The van der Waals surface area contributed by atoms with Crippen LogP contribution in [0.3, 0.4) is 0 Å². The molecular formula is C14H20FNO3S. The first-order valence-electron chi connectivity index (χ1n) is 6.59. The van der Waals surface area contributed by atoms with Gasteiger partial charge in [0.05, 0.1) is 18.4 Å². The molecule has 0 bridgehead atoms. The lowest BCUT2D eigenvalue weighted by molar-refractivity contribution is 0.284. The molecule has 1 aromatic rings. The van der Waals surface area contributed by atoms with Gasteiger partial charge >= 0.3 is 0 Å². The summed E-state index contributed by atoms with van der Waals surface area (Å²) >= 11 is 0. The van der Waals surface area contributed by atoms with Crippen molar-refractivity contribution in [1.82, 2.24) is 4.72 Å². The van der Waals surface area contributed by atoms with Crippen LogP contribution in [-0.2, 0) is 15.6 Å². The van der Waals surface area contributed by atoms with Crippen molar-refractivity contribution >= 4 is 10.0 Å². The number of ether oxygens (including phenoxy) is 1. The summed E-state index contributed by atoms with van der Waals surface area (Å²) in [5, 5.41) is 0. The monoisotopic (exact) mass is 301 g/mol. The van der Waals surface area contributed by atoms with Gasteiger partial charge in [-0.1, -0.05) is 6.07 Å². The molecule has 20 heavy (non-hydrogen) atoms. The molecule has 0 aromatic heterocycles. The van der Waals surface area contributed by atoms with Gasteiger partial charge in [-0.15, -0.1) is 0 Å². The fourth-order valence-electron chi connectivity index (χ4n) is 2.02. The van der Waals surface area contributed by atoms with E-state index in [4.69, 9.17) is 4.74 Å². The molecule has 0 heterocycles. The van der Waals surface area contributed by atoms with E-state index in [1.807, 2.05) is 0 Å². The fraction of sp³-hybridized carbons (Fsp3) is 0.571. The number of hydrogen-bond acceptors (Lipinski definition) is 3. The minimum absolute atomic E-state index is 0.178. The zero-order valence-electron chi connectivity index (χ0n) is 11.9. The molecule has 0 aliphatic heterocycles. The van der Waals surface area contributed by atoms with E-state index in [0.29, 0.717) is 18.1 Å². The Labute approximate surface area is 119 Å². The predicted molar refractivity (Wildman–Crippen MR) is 75.6 cm³/mol. The molecule has 1 aromatic carbocycles. The summed E-state index contributed by atoms with van der Waals surface area (Å²) in [5.41, 5.74) is -0.158. The van der Waals surface area contributed by atoms with E-state index in [-0.39, 0.29) is 5.75 Å². The van der Waals surface area contributed by atoms with Gasteiger partial charge in [-0.2, -0.15) is 0 Å². The Bertz CT molecular complexity index is 594. The number of nitrogens with one attached hydrogen (secondary N) is 1. The van der Waals surface area contributed by atoms with E-state index >= 15 is 0 Å². The molecule has 2 rings (SSSR count). The largest absolute Gasteiger partial charge is 0.490 e. The minimum atomic E-state index is -3.35. The topological polar surface area (TPSA) is 55.4 Å². The van der Waals surface area contributed by atoms with Gasteiger partial charge in [0.15, 0.2) is 11.6 Å². The van der Waals surface area contributed by atoms with Crippen molar-refractivity contribution in [1.29, 1.82) is 0 Å². The van der Waals surface area contributed by atoms with Gasteiger partial charge in [-0.3, -0.25) is 0 Å². The molecule has 6 heteroatoms. The maximum atomic E-state index is 13.7. The zero-order chi connectivity index (χ0) is 15.0. The lowest BCUT2D eigenvalue weighted by Gasteiger charge is -2.26. The lowest BCUT2D eigenvalue weighted by Crippen LogP contribution is -2.40. The molecule has 112 valence electrons. The fourth-order valence-corrected chi connectivity index (χ4v) is 3.06. The highest BCUT2D eigenvalue weighted by atomic mass is 32.2. The van der Waals surface area contributed by atoms with E-state index in [9.17, 15) is 12.8 Å². The summed E-state index contributed by atoms with van der Waals surface area (Å²) in [7, 11) is -3.35. The third-order valence-corrected chi connectivity index (χ3v) is 4.15. The van der Waals surface area contributed by atoms with E-state index in [1.165, 1.54) is 6.07 Å². The summed E-state index contributed by atoms with van der Waals surface area (Å²) in [6.07, 6.45) is 3.35. The summed E-state index contributed by atoms with van der Waals surface area (Å²) in [5.74, 6) is 0.280. The smallest absolute Gasteiger partial charge is 0.209 e. The Kier molecular flexibility index (Phi) is 4.07. The third-order valence-electron chi connectivity index (χ3n) is 3.26. The summed E-state index contributed by atoms with van der Waals surface area (Å²) in [6.45, 7) is 3.97. The summed E-state index contributed by atoms with van der Waals surface area (Å²) in [6, 6.07) is 4.44. The number of hydrogen-bond donors (Lipinski definition) is 1. The standard InChI is InChI=1S/C14H20FNO3S/c1-14(2,16-20(3,17)18)11-6-7-12(15)13(8-11)19-9-10-4-5-10/h6-8,10,16H,4-5,9H2,1-3H3. The predicted octanol–water partition coefficient (Wildman–Crippen LogP) is 2.40. The first kappa shape index (κ1) is 15.3. The first-order chi connectivity index (χ1) is 9.17. The summed E-state index contributed by atoms with van der Waals surface area (Å²) in [4.78, 5) is 0. The van der Waals surface area contributed by atoms with Crippen LogP contribution in [-0.4, -0.2) is 21.3 Å². The SMILES string of the molecule is CC(C)(NS(C)(=O)=O)c1ccc(F)c(OCC2CC2)c1. The van der Waals surface area contributed by atoms with Crippen molar-refractivity contribution < 1.29 is 17.5 Å². The van der Waals surface area contributed by atoms with Crippen LogP contribution in [0.15, 0.2) is 18.2 Å². The molecule has 0 radical (unpaired) electrons. The van der Waals surface area contributed by atoms with Gasteiger partial charge in [0.1, 0.15) is 0 Å². The highest BCUT2D eigenvalue weighted by Gasteiger charge is 2.26. The Morgan fingerprint density at radius 3 is 2.60 bits per heavy atom. The molecule has 0 atom stereocenters. The van der Waals surface area contributed by atoms with Crippen molar-refractivity contribution in [2.45, 2.75) is 32.2 Å².